The standard InChI is InChI=1S/C32H39BrF2O2/c1-2-3-4-5-7-11-24-37-30-21-20-29(31(34)32(30)35)27-14-12-25(13-15-27)26-16-18-28(19-17-26)36-23-10-8-6-9-22-33/h12-21H,2-11,22-24H2,1H3. The van der Waals surface area contributed by atoms with Gasteiger partial charge in [-0.1, -0.05) is 104 Å². The van der Waals surface area contributed by atoms with Crippen LogP contribution >= 0.6 is 15.9 Å². The summed E-state index contributed by atoms with van der Waals surface area (Å²) in [5.41, 5.74) is 2.91. The summed E-state index contributed by atoms with van der Waals surface area (Å²) in [5, 5.41) is 1.06. The van der Waals surface area contributed by atoms with Gasteiger partial charge in [0.05, 0.1) is 13.2 Å². The van der Waals surface area contributed by atoms with Gasteiger partial charge in [-0.2, -0.15) is 4.39 Å². The fourth-order valence-corrected chi connectivity index (χ4v) is 4.65. The maximum absolute atomic E-state index is 14.8. The van der Waals surface area contributed by atoms with Crippen LogP contribution in [0.2, 0.25) is 0 Å². The number of hydrogen-bond acceptors (Lipinski definition) is 2. The number of alkyl halides is 1. The van der Waals surface area contributed by atoms with Crippen molar-refractivity contribution in [3.05, 3.63) is 72.3 Å². The van der Waals surface area contributed by atoms with E-state index in [4.69, 9.17) is 9.47 Å². The number of hydrogen-bond donors (Lipinski definition) is 0. The highest BCUT2D eigenvalue weighted by Crippen LogP contribution is 2.32. The summed E-state index contributed by atoms with van der Waals surface area (Å²) in [4.78, 5) is 0. The third kappa shape index (κ3) is 9.45. The van der Waals surface area contributed by atoms with Gasteiger partial charge < -0.3 is 9.47 Å². The fraction of sp³-hybridized carbons (Fsp3) is 0.438. The molecule has 0 atom stereocenters. The zero-order chi connectivity index (χ0) is 26.3. The zero-order valence-electron chi connectivity index (χ0n) is 21.9. The van der Waals surface area contributed by atoms with Crippen LogP contribution in [-0.2, 0) is 0 Å². The Kier molecular flexibility index (Phi) is 13.0. The van der Waals surface area contributed by atoms with Crippen LogP contribution in [0.4, 0.5) is 8.78 Å². The van der Waals surface area contributed by atoms with Crippen LogP contribution in [0.5, 0.6) is 11.5 Å². The molecule has 0 saturated carbocycles. The van der Waals surface area contributed by atoms with Crippen LogP contribution in [0.25, 0.3) is 22.3 Å². The first-order valence-corrected chi connectivity index (χ1v) is 14.8. The Bertz CT molecular complexity index is 1050. The van der Waals surface area contributed by atoms with Gasteiger partial charge in [0, 0.05) is 10.9 Å². The summed E-state index contributed by atoms with van der Waals surface area (Å²) in [7, 11) is 0. The van der Waals surface area contributed by atoms with E-state index < -0.39 is 11.6 Å². The molecule has 0 amide bonds. The van der Waals surface area contributed by atoms with E-state index in [1.165, 1.54) is 44.6 Å². The third-order valence-corrected chi connectivity index (χ3v) is 7.04. The van der Waals surface area contributed by atoms with Crippen LogP contribution in [0.1, 0.15) is 71.1 Å². The normalized spacial score (nSPS) is 11.0. The van der Waals surface area contributed by atoms with E-state index in [2.05, 4.69) is 22.9 Å². The van der Waals surface area contributed by atoms with Crippen LogP contribution in [-0.4, -0.2) is 18.5 Å². The van der Waals surface area contributed by atoms with Crippen molar-refractivity contribution >= 4 is 15.9 Å². The molecule has 0 N–H and O–H groups in total. The van der Waals surface area contributed by atoms with E-state index in [1.54, 1.807) is 6.07 Å². The molecule has 0 aliphatic heterocycles. The van der Waals surface area contributed by atoms with Crippen molar-refractivity contribution in [1.29, 1.82) is 0 Å². The van der Waals surface area contributed by atoms with Gasteiger partial charge in [0.2, 0.25) is 5.82 Å². The number of halogens is 3. The van der Waals surface area contributed by atoms with Crippen molar-refractivity contribution < 1.29 is 18.3 Å². The first kappa shape index (κ1) is 29.2. The van der Waals surface area contributed by atoms with E-state index in [0.717, 1.165) is 54.5 Å². The topological polar surface area (TPSA) is 18.5 Å². The molecule has 3 rings (SSSR count). The van der Waals surface area contributed by atoms with E-state index >= 15 is 0 Å². The Balaban J connectivity index is 1.53. The highest BCUT2D eigenvalue weighted by atomic mass is 79.9. The van der Waals surface area contributed by atoms with Crippen LogP contribution in [0, 0.1) is 11.6 Å². The molecule has 2 nitrogen and oxygen atoms in total. The minimum absolute atomic E-state index is 0.0207. The van der Waals surface area contributed by atoms with Gasteiger partial charge in [-0.25, -0.2) is 4.39 Å². The summed E-state index contributed by atoms with van der Waals surface area (Å²) in [6.45, 7) is 3.31. The molecule has 0 bridgehead atoms. The monoisotopic (exact) mass is 572 g/mol. The van der Waals surface area contributed by atoms with E-state index in [-0.39, 0.29) is 11.3 Å². The summed E-state index contributed by atoms with van der Waals surface area (Å²) < 4.78 is 40.9. The van der Waals surface area contributed by atoms with Gasteiger partial charge >= 0.3 is 0 Å². The number of benzene rings is 3. The molecule has 37 heavy (non-hydrogen) atoms. The Labute approximate surface area is 229 Å². The first-order valence-electron chi connectivity index (χ1n) is 13.6. The molecule has 0 saturated heterocycles. The predicted octanol–water partition coefficient (Wildman–Crippen LogP) is 10.4. The van der Waals surface area contributed by atoms with Crippen LogP contribution in [0.3, 0.4) is 0 Å². The molecule has 0 spiro atoms. The van der Waals surface area contributed by atoms with Crippen molar-refractivity contribution in [3.8, 4) is 33.8 Å². The lowest BCUT2D eigenvalue weighted by Crippen LogP contribution is -2.01. The van der Waals surface area contributed by atoms with Crippen molar-refractivity contribution in [2.45, 2.75) is 71.1 Å². The summed E-state index contributed by atoms with van der Waals surface area (Å²) in [6.07, 6.45) is 11.4. The average molecular weight is 574 g/mol. The predicted molar refractivity (Wildman–Crippen MR) is 154 cm³/mol. The number of unbranched alkanes of at least 4 members (excludes halogenated alkanes) is 8. The van der Waals surface area contributed by atoms with Gasteiger partial charge in [0.25, 0.3) is 0 Å². The van der Waals surface area contributed by atoms with Gasteiger partial charge in [-0.15, -0.1) is 0 Å². The van der Waals surface area contributed by atoms with E-state index in [1.807, 2.05) is 48.5 Å². The highest BCUT2D eigenvalue weighted by Gasteiger charge is 2.16. The van der Waals surface area contributed by atoms with Crippen molar-refractivity contribution in [1.82, 2.24) is 0 Å². The molecule has 0 heterocycles. The highest BCUT2D eigenvalue weighted by molar-refractivity contribution is 9.09. The second-order valence-electron chi connectivity index (χ2n) is 9.41. The van der Waals surface area contributed by atoms with Gasteiger partial charge in [-0.3, -0.25) is 0 Å². The molecule has 0 aliphatic carbocycles. The Hall–Kier alpha value is -2.40. The Morgan fingerprint density at radius 3 is 1.76 bits per heavy atom. The quantitative estimate of drug-likeness (QED) is 0.118. The molecule has 3 aromatic rings. The zero-order valence-corrected chi connectivity index (χ0v) is 23.5. The maximum Gasteiger partial charge on any atom is 0.201 e. The van der Waals surface area contributed by atoms with E-state index in [0.29, 0.717) is 12.2 Å². The molecule has 0 radical (unpaired) electrons. The SMILES string of the molecule is CCCCCCCCOc1ccc(-c2ccc(-c3ccc(OCCCCCCBr)cc3)cc2)c(F)c1F. The number of ether oxygens (including phenoxy) is 2. The van der Waals surface area contributed by atoms with Crippen molar-refractivity contribution in [2.75, 3.05) is 18.5 Å². The lowest BCUT2D eigenvalue weighted by atomic mass is 9.99. The molecule has 0 aliphatic rings. The lowest BCUT2D eigenvalue weighted by Gasteiger charge is -2.11. The van der Waals surface area contributed by atoms with Gasteiger partial charge in [0.15, 0.2) is 11.6 Å². The minimum atomic E-state index is -0.925. The Morgan fingerprint density at radius 2 is 1.11 bits per heavy atom. The molecule has 0 unspecified atom stereocenters. The average Bonchev–Trinajstić information content (AvgIpc) is 2.93. The largest absolute Gasteiger partial charge is 0.494 e. The molecule has 3 aromatic carbocycles. The number of rotatable bonds is 17. The van der Waals surface area contributed by atoms with Crippen LogP contribution < -0.4 is 9.47 Å². The summed E-state index contributed by atoms with van der Waals surface area (Å²) in [5.74, 6) is -0.960. The summed E-state index contributed by atoms with van der Waals surface area (Å²) in [6, 6.07) is 18.6. The Morgan fingerprint density at radius 1 is 0.568 bits per heavy atom. The molecule has 200 valence electrons. The maximum atomic E-state index is 14.8. The molecular weight excluding hydrogens is 534 g/mol. The molecular formula is C32H39BrF2O2. The fourth-order valence-electron chi connectivity index (χ4n) is 4.26. The van der Waals surface area contributed by atoms with Gasteiger partial charge in [0.1, 0.15) is 5.75 Å². The molecule has 0 fully saturated rings. The van der Waals surface area contributed by atoms with Crippen molar-refractivity contribution in [2.24, 2.45) is 0 Å². The molecule has 5 heteroatoms. The molecule has 0 aromatic heterocycles. The van der Waals surface area contributed by atoms with Crippen molar-refractivity contribution in [3.63, 3.8) is 0 Å². The third-order valence-electron chi connectivity index (χ3n) is 6.48. The summed E-state index contributed by atoms with van der Waals surface area (Å²) >= 11 is 3.45. The smallest absolute Gasteiger partial charge is 0.201 e. The van der Waals surface area contributed by atoms with Gasteiger partial charge in [-0.05, 0) is 60.2 Å². The minimum Gasteiger partial charge on any atom is -0.494 e. The van der Waals surface area contributed by atoms with E-state index in [9.17, 15) is 8.78 Å². The second-order valence-corrected chi connectivity index (χ2v) is 10.2. The first-order chi connectivity index (χ1) is 18.1. The van der Waals surface area contributed by atoms with Crippen LogP contribution in [0.15, 0.2) is 60.7 Å². The lowest BCUT2D eigenvalue weighted by molar-refractivity contribution is 0.285. The second kappa shape index (κ2) is 16.4.